The van der Waals surface area contributed by atoms with Gasteiger partial charge in [0.15, 0.2) is 11.4 Å². The predicted molar refractivity (Wildman–Crippen MR) is 70.1 cm³/mol. The minimum absolute atomic E-state index is 0.266. The Morgan fingerprint density at radius 3 is 2.70 bits per heavy atom. The van der Waals surface area contributed by atoms with E-state index in [9.17, 15) is 14.7 Å². The molecule has 2 rings (SSSR count). The van der Waals surface area contributed by atoms with Gasteiger partial charge in [0, 0.05) is 17.8 Å². The first-order valence-corrected chi connectivity index (χ1v) is 6.26. The molecule has 2 aromatic rings. The largest absolute Gasteiger partial charge is 0.479 e. The number of aromatic nitrogens is 5. The van der Waals surface area contributed by atoms with Crippen molar-refractivity contribution >= 4 is 5.97 Å². The minimum atomic E-state index is -1.22. The van der Waals surface area contributed by atoms with Gasteiger partial charge in [0.25, 0.3) is 0 Å². The van der Waals surface area contributed by atoms with Crippen LogP contribution in [0.5, 0.6) is 0 Å². The molecule has 0 radical (unpaired) electrons. The standard InChI is InChI=1S/C12H15N5O3/c1-3-12(4-2,11(19)20)17-10(14-15-16-17)8-5-6-13-9(18)7-8/h5-7H,3-4H2,1-2H3,(H,13,18)(H,19,20). The molecule has 2 heterocycles. The molecule has 106 valence electrons. The smallest absolute Gasteiger partial charge is 0.331 e. The number of nitrogens with one attached hydrogen (secondary N) is 1. The highest BCUT2D eigenvalue weighted by atomic mass is 16.4. The van der Waals surface area contributed by atoms with Gasteiger partial charge in [-0.25, -0.2) is 9.48 Å². The van der Waals surface area contributed by atoms with Crippen molar-refractivity contribution in [2.24, 2.45) is 0 Å². The summed E-state index contributed by atoms with van der Waals surface area (Å²) in [5.74, 6) is -0.733. The van der Waals surface area contributed by atoms with Gasteiger partial charge in [-0.05, 0) is 29.3 Å². The zero-order valence-corrected chi connectivity index (χ0v) is 11.2. The Morgan fingerprint density at radius 2 is 2.15 bits per heavy atom. The van der Waals surface area contributed by atoms with Crippen molar-refractivity contribution in [3.05, 3.63) is 28.7 Å². The molecule has 2 N–H and O–H groups in total. The summed E-state index contributed by atoms with van der Waals surface area (Å²) in [6.07, 6.45) is 2.14. The Morgan fingerprint density at radius 1 is 1.45 bits per heavy atom. The van der Waals surface area contributed by atoms with Gasteiger partial charge in [-0.3, -0.25) is 4.79 Å². The van der Waals surface area contributed by atoms with E-state index in [0.717, 1.165) is 0 Å². The van der Waals surface area contributed by atoms with Crippen LogP contribution in [-0.4, -0.2) is 36.3 Å². The van der Waals surface area contributed by atoms with Crippen molar-refractivity contribution in [3.63, 3.8) is 0 Å². The Hall–Kier alpha value is -2.51. The summed E-state index contributed by atoms with van der Waals surface area (Å²) >= 11 is 0. The van der Waals surface area contributed by atoms with E-state index in [-0.39, 0.29) is 11.4 Å². The van der Waals surface area contributed by atoms with Crippen molar-refractivity contribution in [1.82, 2.24) is 25.2 Å². The van der Waals surface area contributed by atoms with E-state index in [4.69, 9.17) is 0 Å². The zero-order valence-electron chi connectivity index (χ0n) is 11.2. The minimum Gasteiger partial charge on any atom is -0.479 e. The van der Waals surface area contributed by atoms with Gasteiger partial charge < -0.3 is 10.1 Å². The lowest BCUT2D eigenvalue weighted by Crippen LogP contribution is -2.42. The predicted octanol–water partition coefficient (Wildman–Crippen LogP) is 0.628. The normalized spacial score (nSPS) is 11.5. The molecular formula is C12H15N5O3. The molecule has 8 heteroatoms. The van der Waals surface area contributed by atoms with Crippen molar-refractivity contribution in [2.75, 3.05) is 0 Å². The third kappa shape index (κ3) is 2.09. The number of nitrogens with zero attached hydrogens (tertiary/aromatic N) is 4. The summed E-state index contributed by atoms with van der Waals surface area (Å²) in [4.78, 5) is 25.5. The van der Waals surface area contributed by atoms with Crippen molar-refractivity contribution in [3.8, 4) is 11.4 Å². The maximum atomic E-state index is 11.6. The SMILES string of the molecule is CCC(CC)(C(=O)O)n1nnnc1-c1cc[nH]c(=O)c1. The number of H-pyrrole nitrogens is 1. The molecule has 0 atom stereocenters. The zero-order chi connectivity index (χ0) is 14.8. The quantitative estimate of drug-likeness (QED) is 0.828. The Kier molecular flexibility index (Phi) is 3.64. The van der Waals surface area contributed by atoms with Gasteiger partial charge in [0.1, 0.15) is 0 Å². The molecule has 20 heavy (non-hydrogen) atoms. The number of carbonyl (C=O) groups is 1. The van der Waals surface area contributed by atoms with Crippen LogP contribution in [0.3, 0.4) is 0 Å². The number of carboxylic acid groups (broad SMARTS) is 1. The van der Waals surface area contributed by atoms with Crippen LogP contribution in [0.25, 0.3) is 11.4 Å². The molecule has 0 aliphatic carbocycles. The number of hydrogen-bond donors (Lipinski definition) is 2. The van der Waals surface area contributed by atoms with E-state index in [1.807, 2.05) is 0 Å². The molecule has 0 aliphatic rings. The van der Waals surface area contributed by atoms with E-state index < -0.39 is 11.5 Å². The second-order valence-electron chi connectivity index (χ2n) is 4.40. The van der Waals surface area contributed by atoms with Gasteiger partial charge in [-0.1, -0.05) is 13.8 Å². The fourth-order valence-corrected chi connectivity index (χ4v) is 2.18. The first-order valence-electron chi connectivity index (χ1n) is 6.26. The van der Waals surface area contributed by atoms with Crippen LogP contribution in [0.2, 0.25) is 0 Å². The Bertz CT molecular complexity index is 671. The van der Waals surface area contributed by atoms with Crippen LogP contribution in [0.15, 0.2) is 23.1 Å². The lowest BCUT2D eigenvalue weighted by atomic mass is 9.93. The lowest BCUT2D eigenvalue weighted by molar-refractivity contribution is -0.148. The van der Waals surface area contributed by atoms with E-state index in [1.165, 1.54) is 16.9 Å². The molecule has 0 saturated carbocycles. The topological polar surface area (TPSA) is 114 Å². The first-order chi connectivity index (χ1) is 9.55. The van der Waals surface area contributed by atoms with Crippen LogP contribution in [0.4, 0.5) is 0 Å². The molecule has 0 spiro atoms. The summed E-state index contributed by atoms with van der Waals surface area (Å²) < 4.78 is 1.28. The van der Waals surface area contributed by atoms with E-state index in [2.05, 4.69) is 20.5 Å². The van der Waals surface area contributed by atoms with Crippen molar-refractivity contribution in [1.29, 1.82) is 0 Å². The second-order valence-corrected chi connectivity index (χ2v) is 4.40. The molecule has 0 aromatic carbocycles. The maximum Gasteiger partial charge on any atom is 0.331 e. The van der Waals surface area contributed by atoms with Crippen LogP contribution in [0, 0.1) is 0 Å². The first kappa shape index (κ1) is 13.9. The highest BCUT2D eigenvalue weighted by Crippen LogP contribution is 2.28. The molecule has 0 unspecified atom stereocenters. The van der Waals surface area contributed by atoms with Crippen LogP contribution in [-0.2, 0) is 10.3 Å². The van der Waals surface area contributed by atoms with E-state index >= 15 is 0 Å². The van der Waals surface area contributed by atoms with Gasteiger partial charge in [0.2, 0.25) is 5.56 Å². The fourth-order valence-electron chi connectivity index (χ4n) is 2.18. The van der Waals surface area contributed by atoms with E-state index in [1.54, 1.807) is 19.9 Å². The lowest BCUT2D eigenvalue weighted by Gasteiger charge is -2.27. The second kappa shape index (κ2) is 5.24. The molecule has 0 bridgehead atoms. The summed E-state index contributed by atoms with van der Waals surface area (Å²) in [5.41, 5.74) is -1.04. The molecule has 0 fully saturated rings. The molecule has 0 amide bonds. The number of aromatic amines is 1. The summed E-state index contributed by atoms with van der Waals surface area (Å²) in [6, 6.07) is 2.96. The maximum absolute atomic E-state index is 11.6. The average Bonchev–Trinajstić information content (AvgIpc) is 2.90. The number of carboxylic acids is 1. The van der Waals surface area contributed by atoms with Gasteiger partial charge in [-0.15, -0.1) is 5.10 Å². The van der Waals surface area contributed by atoms with Gasteiger partial charge >= 0.3 is 5.97 Å². The van der Waals surface area contributed by atoms with Crippen LogP contribution >= 0.6 is 0 Å². The summed E-state index contributed by atoms with van der Waals surface area (Å²) in [7, 11) is 0. The fraction of sp³-hybridized carbons (Fsp3) is 0.417. The van der Waals surface area contributed by atoms with Crippen molar-refractivity contribution in [2.45, 2.75) is 32.2 Å². The molecule has 8 nitrogen and oxygen atoms in total. The number of tetrazole rings is 1. The highest BCUT2D eigenvalue weighted by Gasteiger charge is 2.40. The van der Waals surface area contributed by atoms with Crippen LogP contribution < -0.4 is 5.56 Å². The van der Waals surface area contributed by atoms with Gasteiger partial charge in [0.05, 0.1) is 0 Å². The number of pyridine rings is 1. The number of rotatable bonds is 5. The third-order valence-electron chi connectivity index (χ3n) is 3.48. The summed E-state index contributed by atoms with van der Waals surface area (Å²) in [5, 5.41) is 20.8. The van der Waals surface area contributed by atoms with E-state index in [0.29, 0.717) is 18.4 Å². The van der Waals surface area contributed by atoms with Gasteiger partial charge in [-0.2, -0.15) is 0 Å². The molecule has 2 aromatic heterocycles. The molecular weight excluding hydrogens is 262 g/mol. The Labute approximate surface area is 114 Å². The Balaban J connectivity index is 2.63. The highest BCUT2D eigenvalue weighted by molar-refractivity contribution is 5.77. The molecule has 0 saturated heterocycles. The van der Waals surface area contributed by atoms with Crippen molar-refractivity contribution < 1.29 is 9.90 Å². The third-order valence-corrected chi connectivity index (χ3v) is 3.48. The summed E-state index contributed by atoms with van der Waals surface area (Å²) in [6.45, 7) is 3.53. The monoisotopic (exact) mass is 277 g/mol. The average molecular weight is 277 g/mol. The number of hydrogen-bond acceptors (Lipinski definition) is 5. The number of aliphatic carboxylic acids is 1. The van der Waals surface area contributed by atoms with Crippen LogP contribution in [0.1, 0.15) is 26.7 Å². The molecule has 0 aliphatic heterocycles.